The van der Waals surface area contributed by atoms with Crippen LogP contribution in [-0.2, 0) is 0 Å². The Kier molecular flexibility index (Phi) is 5.73. The van der Waals surface area contributed by atoms with E-state index in [1.54, 1.807) is 42.5 Å². The van der Waals surface area contributed by atoms with E-state index in [0.29, 0.717) is 11.4 Å². The molecule has 0 fully saturated rings. The molecule has 4 nitrogen and oxygen atoms in total. The van der Waals surface area contributed by atoms with Gasteiger partial charge in [-0.1, -0.05) is 30.0 Å². The van der Waals surface area contributed by atoms with Gasteiger partial charge in [-0.2, -0.15) is 13.2 Å². The van der Waals surface area contributed by atoms with Gasteiger partial charge in [0.2, 0.25) is 0 Å². The minimum atomic E-state index is -4.33. The van der Waals surface area contributed by atoms with Crippen LogP contribution < -0.4 is 5.32 Å². The minimum absolute atomic E-state index is 0.138. The molecule has 0 saturated carbocycles. The molecule has 1 aliphatic heterocycles. The van der Waals surface area contributed by atoms with Crippen molar-refractivity contribution in [1.29, 1.82) is 0 Å². The number of fused-ring (bicyclic) bond motifs is 2. The molecule has 3 aromatic rings. The lowest BCUT2D eigenvalue weighted by molar-refractivity contribution is -0.132. The Bertz CT molecular complexity index is 1160. The zero-order valence-corrected chi connectivity index (χ0v) is 16.9. The number of aromatic hydroxyl groups is 1. The molecule has 0 aliphatic carbocycles. The number of nitrogens with one attached hydrogen (secondary N) is 1. The second kappa shape index (κ2) is 8.47. The molecule has 0 bridgehead atoms. The number of phenols is 1. The van der Waals surface area contributed by atoms with Gasteiger partial charge in [0.1, 0.15) is 5.75 Å². The summed E-state index contributed by atoms with van der Waals surface area (Å²) in [7, 11) is 0. The molecule has 31 heavy (non-hydrogen) atoms. The molecule has 3 aromatic carbocycles. The monoisotopic (exact) mass is 442 g/mol. The number of phenolic OH excluding ortho intramolecular Hbond substituents is 1. The summed E-state index contributed by atoms with van der Waals surface area (Å²) in [5.41, 5.74) is 3.16. The van der Waals surface area contributed by atoms with Crippen LogP contribution in [0.25, 0.3) is 0 Å². The first-order chi connectivity index (χ1) is 14.8. The maximum Gasteiger partial charge on any atom is 0.390 e. The predicted octanol–water partition coefficient (Wildman–Crippen LogP) is 5.71. The smallest absolute Gasteiger partial charge is 0.390 e. The average molecular weight is 442 g/mol. The van der Waals surface area contributed by atoms with Crippen molar-refractivity contribution in [1.82, 2.24) is 5.32 Å². The highest BCUT2D eigenvalue weighted by Gasteiger charge is 2.27. The molecule has 4 rings (SSSR count). The van der Waals surface area contributed by atoms with Crippen molar-refractivity contribution in [3.8, 4) is 5.75 Å². The number of hydrogen-bond acceptors (Lipinski definition) is 4. The highest BCUT2D eigenvalue weighted by Crippen LogP contribution is 2.41. The Balaban J connectivity index is 1.71. The van der Waals surface area contributed by atoms with Gasteiger partial charge in [0, 0.05) is 33.0 Å². The van der Waals surface area contributed by atoms with E-state index in [1.807, 2.05) is 24.3 Å². The fourth-order valence-corrected chi connectivity index (χ4v) is 4.15. The molecule has 0 atom stereocenters. The lowest BCUT2D eigenvalue weighted by atomic mass is 10.0. The summed E-state index contributed by atoms with van der Waals surface area (Å²) in [6.45, 7) is -0.484. The Labute approximate surface area is 180 Å². The number of halogens is 3. The van der Waals surface area contributed by atoms with Crippen LogP contribution in [0.5, 0.6) is 5.75 Å². The molecule has 0 radical (unpaired) electrons. The van der Waals surface area contributed by atoms with Crippen molar-refractivity contribution in [2.24, 2.45) is 4.99 Å². The maximum atomic E-state index is 12.4. The molecule has 0 saturated heterocycles. The summed E-state index contributed by atoms with van der Waals surface area (Å²) in [5.74, 6) is -0.445. The summed E-state index contributed by atoms with van der Waals surface area (Å²) < 4.78 is 37.1. The van der Waals surface area contributed by atoms with Crippen LogP contribution in [0.2, 0.25) is 0 Å². The van der Waals surface area contributed by atoms with Gasteiger partial charge in [0.25, 0.3) is 5.91 Å². The molecular weight excluding hydrogens is 425 g/mol. The zero-order chi connectivity index (χ0) is 22.0. The zero-order valence-electron chi connectivity index (χ0n) is 16.1. The van der Waals surface area contributed by atoms with Gasteiger partial charge >= 0.3 is 6.18 Å². The molecular formula is C23H17F3N2O2S. The van der Waals surface area contributed by atoms with Gasteiger partial charge in [0.05, 0.1) is 17.8 Å². The van der Waals surface area contributed by atoms with E-state index < -0.39 is 25.0 Å². The number of hydrogen-bond donors (Lipinski definition) is 2. The van der Waals surface area contributed by atoms with Gasteiger partial charge in [-0.3, -0.25) is 4.79 Å². The largest absolute Gasteiger partial charge is 0.508 e. The summed E-state index contributed by atoms with van der Waals surface area (Å²) in [4.78, 5) is 19.0. The van der Waals surface area contributed by atoms with E-state index in [1.165, 1.54) is 11.8 Å². The van der Waals surface area contributed by atoms with Crippen LogP contribution in [-0.4, -0.2) is 29.4 Å². The number of rotatable bonds is 4. The maximum absolute atomic E-state index is 12.4. The second-order valence-electron chi connectivity index (χ2n) is 6.91. The van der Waals surface area contributed by atoms with E-state index in [4.69, 9.17) is 4.99 Å². The van der Waals surface area contributed by atoms with Crippen LogP contribution >= 0.6 is 11.8 Å². The molecule has 0 aromatic heterocycles. The molecule has 0 unspecified atom stereocenters. The van der Waals surface area contributed by atoms with Gasteiger partial charge in [-0.05, 0) is 48.5 Å². The van der Waals surface area contributed by atoms with Crippen molar-refractivity contribution in [3.05, 3.63) is 83.4 Å². The molecule has 1 heterocycles. The first kappa shape index (κ1) is 21.0. The number of carbonyl (C=O) groups is 1. The number of nitrogens with zero attached hydrogens (tertiary/aromatic N) is 1. The third-order valence-electron chi connectivity index (χ3n) is 4.65. The third kappa shape index (κ3) is 4.91. The summed E-state index contributed by atoms with van der Waals surface area (Å²) >= 11 is 1.50. The van der Waals surface area contributed by atoms with Crippen LogP contribution in [0.4, 0.5) is 18.9 Å². The van der Waals surface area contributed by atoms with Gasteiger partial charge < -0.3 is 10.4 Å². The molecule has 8 heteroatoms. The average Bonchev–Trinajstić information content (AvgIpc) is 2.89. The lowest BCUT2D eigenvalue weighted by Gasteiger charge is -2.09. The number of alkyl halides is 3. The fraction of sp³-hybridized carbons (Fsp3) is 0.130. The Morgan fingerprint density at radius 1 is 1.00 bits per heavy atom. The Hall–Kier alpha value is -3.26. The number of carbonyl (C=O) groups excluding carboxylic acids is 1. The van der Waals surface area contributed by atoms with Crippen molar-refractivity contribution in [2.45, 2.75) is 22.4 Å². The highest BCUT2D eigenvalue weighted by molar-refractivity contribution is 7.99. The standard InChI is InChI=1S/C23H17F3N2O2S/c24-23(25,26)11-12-27-22(30)15-7-10-20-18(13-15)28-21(14-5-8-16(29)9-6-14)17-3-1-2-4-19(17)31-20/h1-10,13,29H,11-12H2,(H,27,30). The summed E-state index contributed by atoms with van der Waals surface area (Å²) in [6, 6.07) is 19.3. The molecule has 1 aliphatic rings. The van der Waals surface area contributed by atoms with Crippen molar-refractivity contribution < 1.29 is 23.1 Å². The quantitative estimate of drug-likeness (QED) is 0.426. The van der Waals surface area contributed by atoms with E-state index in [-0.39, 0.29) is 11.3 Å². The lowest BCUT2D eigenvalue weighted by Crippen LogP contribution is -2.27. The van der Waals surface area contributed by atoms with Gasteiger partial charge in [0.15, 0.2) is 0 Å². The summed E-state index contributed by atoms with van der Waals surface area (Å²) in [5, 5.41) is 11.9. The predicted molar refractivity (Wildman–Crippen MR) is 113 cm³/mol. The van der Waals surface area contributed by atoms with E-state index in [9.17, 15) is 23.1 Å². The van der Waals surface area contributed by atoms with Crippen molar-refractivity contribution >= 4 is 29.1 Å². The van der Waals surface area contributed by atoms with Gasteiger partial charge in [-0.15, -0.1) is 0 Å². The molecule has 158 valence electrons. The van der Waals surface area contributed by atoms with Crippen LogP contribution in [0.1, 0.15) is 27.9 Å². The van der Waals surface area contributed by atoms with E-state index in [0.717, 1.165) is 20.9 Å². The molecule has 1 amide bonds. The Morgan fingerprint density at radius 2 is 1.74 bits per heavy atom. The topological polar surface area (TPSA) is 61.7 Å². The van der Waals surface area contributed by atoms with Crippen LogP contribution in [0.15, 0.2) is 81.5 Å². The first-order valence-electron chi connectivity index (χ1n) is 9.44. The number of amides is 1. The van der Waals surface area contributed by atoms with Crippen molar-refractivity contribution in [2.75, 3.05) is 6.54 Å². The van der Waals surface area contributed by atoms with Gasteiger partial charge in [-0.25, -0.2) is 4.99 Å². The second-order valence-corrected chi connectivity index (χ2v) is 7.99. The Morgan fingerprint density at radius 3 is 2.48 bits per heavy atom. The van der Waals surface area contributed by atoms with Crippen LogP contribution in [0, 0.1) is 0 Å². The minimum Gasteiger partial charge on any atom is -0.508 e. The SMILES string of the molecule is O=C(NCCC(F)(F)F)c1ccc2c(c1)N=C(c1ccc(O)cc1)c1ccccc1S2. The van der Waals surface area contributed by atoms with Crippen LogP contribution in [0.3, 0.4) is 0 Å². The first-order valence-corrected chi connectivity index (χ1v) is 10.3. The highest BCUT2D eigenvalue weighted by atomic mass is 32.2. The molecule has 2 N–H and O–H groups in total. The number of benzene rings is 3. The fourth-order valence-electron chi connectivity index (χ4n) is 3.14. The van der Waals surface area contributed by atoms with E-state index in [2.05, 4.69) is 5.32 Å². The number of aliphatic imine (C=N–C) groups is 1. The summed E-state index contributed by atoms with van der Waals surface area (Å²) in [6.07, 6.45) is -5.41. The third-order valence-corrected chi connectivity index (χ3v) is 5.79. The van der Waals surface area contributed by atoms with Crippen molar-refractivity contribution in [3.63, 3.8) is 0 Å². The normalized spacial score (nSPS) is 12.9. The molecule has 0 spiro atoms. The van der Waals surface area contributed by atoms with E-state index >= 15 is 0 Å².